The van der Waals surface area contributed by atoms with E-state index in [0.717, 1.165) is 45.3 Å². The number of amides is 2. The van der Waals surface area contributed by atoms with Crippen molar-refractivity contribution in [3.8, 4) is 0 Å². The molecule has 2 aliphatic heterocycles. The lowest BCUT2D eigenvalue weighted by molar-refractivity contribution is -0.137. The van der Waals surface area contributed by atoms with E-state index in [-0.39, 0.29) is 23.8 Å². The first kappa shape index (κ1) is 17.9. The zero-order valence-electron chi connectivity index (χ0n) is 15.1. The fourth-order valence-electron chi connectivity index (χ4n) is 4.10. The van der Waals surface area contributed by atoms with Crippen LogP contribution in [-0.4, -0.2) is 53.8 Å². The van der Waals surface area contributed by atoms with Gasteiger partial charge < -0.3 is 10.6 Å². The number of likely N-dealkylation sites (tertiary alicyclic amines) is 2. The van der Waals surface area contributed by atoms with Crippen LogP contribution in [0.3, 0.4) is 0 Å². The van der Waals surface area contributed by atoms with Gasteiger partial charge in [0.05, 0.1) is 12.0 Å². The van der Waals surface area contributed by atoms with E-state index in [1.165, 1.54) is 5.56 Å². The third-order valence-corrected chi connectivity index (χ3v) is 5.82. The highest BCUT2D eigenvalue weighted by molar-refractivity contribution is 5.82. The maximum Gasteiger partial charge on any atom is 0.239 e. The van der Waals surface area contributed by atoms with E-state index in [9.17, 15) is 9.59 Å². The van der Waals surface area contributed by atoms with E-state index in [2.05, 4.69) is 29.2 Å². The van der Waals surface area contributed by atoms with E-state index in [1.807, 2.05) is 17.9 Å². The van der Waals surface area contributed by atoms with Crippen LogP contribution in [0.15, 0.2) is 30.3 Å². The van der Waals surface area contributed by atoms with Crippen LogP contribution < -0.4 is 5.73 Å². The predicted molar refractivity (Wildman–Crippen MR) is 97.8 cm³/mol. The third kappa shape index (κ3) is 4.40. The van der Waals surface area contributed by atoms with E-state index in [4.69, 9.17) is 5.73 Å². The molecule has 5 nitrogen and oxygen atoms in total. The number of hydrogen-bond donors (Lipinski definition) is 1. The van der Waals surface area contributed by atoms with Crippen LogP contribution in [0.25, 0.3) is 0 Å². The third-order valence-electron chi connectivity index (χ3n) is 5.82. The molecule has 0 radical (unpaired) electrons. The smallest absolute Gasteiger partial charge is 0.239 e. The first-order valence-electron chi connectivity index (χ1n) is 9.40. The molecular weight excluding hydrogens is 314 g/mol. The van der Waals surface area contributed by atoms with Gasteiger partial charge in [-0.05, 0) is 50.6 Å². The lowest BCUT2D eigenvalue weighted by Gasteiger charge is -2.35. The minimum absolute atomic E-state index is 0.105. The molecule has 0 aliphatic carbocycles. The van der Waals surface area contributed by atoms with Crippen molar-refractivity contribution in [2.24, 2.45) is 17.6 Å². The first-order chi connectivity index (χ1) is 12.0. The van der Waals surface area contributed by atoms with Crippen LogP contribution in [0.2, 0.25) is 0 Å². The largest absolute Gasteiger partial charge is 0.369 e. The molecule has 2 saturated heterocycles. The molecular formula is C20H29N3O2. The molecule has 1 aromatic rings. The summed E-state index contributed by atoms with van der Waals surface area (Å²) in [6.45, 7) is 5.04. The first-order valence-corrected chi connectivity index (χ1v) is 9.40. The van der Waals surface area contributed by atoms with Crippen molar-refractivity contribution < 1.29 is 9.59 Å². The number of benzene rings is 1. The van der Waals surface area contributed by atoms with Gasteiger partial charge in [0.2, 0.25) is 11.8 Å². The van der Waals surface area contributed by atoms with Gasteiger partial charge in [-0.25, -0.2) is 0 Å². The van der Waals surface area contributed by atoms with Gasteiger partial charge in [0.1, 0.15) is 0 Å². The molecule has 0 saturated carbocycles. The summed E-state index contributed by atoms with van der Waals surface area (Å²) in [5, 5.41) is 0. The minimum atomic E-state index is -0.246. The second-order valence-electron chi connectivity index (χ2n) is 7.52. The monoisotopic (exact) mass is 343 g/mol. The highest BCUT2D eigenvalue weighted by Crippen LogP contribution is 2.24. The number of primary amides is 1. The van der Waals surface area contributed by atoms with Gasteiger partial charge >= 0.3 is 0 Å². The lowest BCUT2D eigenvalue weighted by atomic mass is 9.90. The molecule has 2 heterocycles. The van der Waals surface area contributed by atoms with Gasteiger partial charge in [0.25, 0.3) is 0 Å². The van der Waals surface area contributed by atoms with Crippen LogP contribution in [0.5, 0.6) is 0 Å². The molecule has 5 heteroatoms. The Morgan fingerprint density at radius 2 is 1.80 bits per heavy atom. The van der Waals surface area contributed by atoms with Gasteiger partial charge in [0, 0.05) is 19.6 Å². The minimum Gasteiger partial charge on any atom is -0.369 e. The molecule has 1 aromatic carbocycles. The van der Waals surface area contributed by atoms with Crippen molar-refractivity contribution in [1.29, 1.82) is 0 Å². The number of nitrogens with zero attached hydrogens (tertiary/aromatic N) is 2. The molecule has 136 valence electrons. The Morgan fingerprint density at radius 3 is 2.40 bits per heavy atom. The molecule has 25 heavy (non-hydrogen) atoms. The maximum absolute atomic E-state index is 12.8. The highest BCUT2D eigenvalue weighted by atomic mass is 16.2. The zero-order chi connectivity index (χ0) is 17.8. The fourth-order valence-corrected chi connectivity index (χ4v) is 4.10. The summed E-state index contributed by atoms with van der Waals surface area (Å²) in [5.41, 5.74) is 6.78. The van der Waals surface area contributed by atoms with Gasteiger partial charge in [-0.3, -0.25) is 14.5 Å². The Kier molecular flexibility index (Phi) is 5.74. The normalized spacial score (nSPS) is 23.6. The van der Waals surface area contributed by atoms with E-state index < -0.39 is 0 Å². The molecule has 0 unspecified atom stereocenters. The standard InChI is InChI=1S/C20H29N3O2/c1-15(23-12-9-18(14-23)19(21)24)20(25)22-10-7-17(8-11-22)13-16-5-3-2-4-6-16/h2-6,15,17-18H,7-14H2,1H3,(H2,21,24)/t15-,18+/m1/s1. The zero-order valence-corrected chi connectivity index (χ0v) is 15.1. The number of nitrogens with two attached hydrogens (primary N) is 1. The summed E-state index contributed by atoms with van der Waals surface area (Å²) in [6.07, 6.45) is 4.01. The number of piperidine rings is 1. The van der Waals surface area contributed by atoms with Crippen LogP contribution >= 0.6 is 0 Å². The predicted octanol–water partition coefficient (Wildman–Crippen LogP) is 1.66. The van der Waals surface area contributed by atoms with Crippen molar-refractivity contribution >= 4 is 11.8 Å². The average Bonchev–Trinajstić information content (AvgIpc) is 3.12. The SMILES string of the molecule is C[C@H](C(=O)N1CCC(Cc2ccccc2)CC1)N1CC[C@H](C(N)=O)C1. The van der Waals surface area contributed by atoms with E-state index in [1.54, 1.807) is 0 Å². The number of rotatable bonds is 5. The lowest BCUT2D eigenvalue weighted by Crippen LogP contribution is -2.49. The van der Waals surface area contributed by atoms with Crippen molar-refractivity contribution in [3.63, 3.8) is 0 Å². The maximum atomic E-state index is 12.8. The molecule has 2 aliphatic rings. The number of hydrogen-bond acceptors (Lipinski definition) is 3. The highest BCUT2D eigenvalue weighted by Gasteiger charge is 2.34. The summed E-state index contributed by atoms with van der Waals surface area (Å²) < 4.78 is 0. The molecule has 2 N–H and O–H groups in total. The average molecular weight is 343 g/mol. The van der Waals surface area contributed by atoms with Gasteiger partial charge in [-0.2, -0.15) is 0 Å². The Balaban J connectivity index is 1.47. The Hall–Kier alpha value is -1.88. The van der Waals surface area contributed by atoms with Crippen LogP contribution in [0.4, 0.5) is 0 Å². The summed E-state index contributed by atoms with van der Waals surface area (Å²) in [5.74, 6) is 0.506. The second-order valence-corrected chi connectivity index (χ2v) is 7.52. The Labute approximate surface area is 150 Å². The van der Waals surface area contributed by atoms with E-state index >= 15 is 0 Å². The molecule has 0 aromatic heterocycles. The molecule has 2 fully saturated rings. The summed E-state index contributed by atoms with van der Waals surface area (Å²) >= 11 is 0. The number of carbonyl (C=O) groups excluding carboxylic acids is 2. The summed E-state index contributed by atoms with van der Waals surface area (Å²) in [6, 6.07) is 10.4. The van der Waals surface area contributed by atoms with Crippen LogP contribution in [0.1, 0.15) is 31.7 Å². The van der Waals surface area contributed by atoms with Crippen LogP contribution in [0, 0.1) is 11.8 Å². The summed E-state index contributed by atoms with van der Waals surface area (Å²) in [7, 11) is 0. The van der Waals surface area contributed by atoms with Crippen LogP contribution in [-0.2, 0) is 16.0 Å². The van der Waals surface area contributed by atoms with Crippen molar-refractivity contribution in [2.75, 3.05) is 26.2 Å². The van der Waals surface area contributed by atoms with E-state index in [0.29, 0.717) is 12.5 Å². The molecule has 2 atom stereocenters. The summed E-state index contributed by atoms with van der Waals surface area (Å²) in [4.78, 5) is 28.2. The second kappa shape index (κ2) is 8.00. The number of carbonyl (C=O) groups is 2. The Morgan fingerprint density at radius 1 is 1.12 bits per heavy atom. The van der Waals surface area contributed by atoms with Gasteiger partial charge in [-0.15, -0.1) is 0 Å². The molecule has 2 amide bonds. The fraction of sp³-hybridized carbons (Fsp3) is 0.600. The molecule has 0 spiro atoms. The topological polar surface area (TPSA) is 66.6 Å². The van der Waals surface area contributed by atoms with Crippen molar-refractivity contribution in [3.05, 3.63) is 35.9 Å². The molecule has 3 rings (SSSR count). The van der Waals surface area contributed by atoms with Gasteiger partial charge in [0.15, 0.2) is 0 Å². The van der Waals surface area contributed by atoms with Crippen molar-refractivity contribution in [1.82, 2.24) is 9.80 Å². The van der Waals surface area contributed by atoms with Crippen molar-refractivity contribution in [2.45, 2.75) is 38.6 Å². The quantitative estimate of drug-likeness (QED) is 0.884. The molecule has 0 bridgehead atoms. The Bertz CT molecular complexity index is 596. The van der Waals surface area contributed by atoms with Gasteiger partial charge in [-0.1, -0.05) is 30.3 Å².